The molecular formula is C19H19BrN2O6S. The number of hydrogen-bond donors (Lipinski definition) is 1. The van der Waals surface area contributed by atoms with Crippen LogP contribution in [0.5, 0.6) is 5.75 Å². The fraction of sp³-hybridized carbons (Fsp3) is 0.368. The van der Waals surface area contributed by atoms with Crippen LogP contribution in [0.1, 0.15) is 18.4 Å². The molecule has 0 bridgehead atoms. The van der Waals surface area contributed by atoms with Crippen LogP contribution in [-0.2, 0) is 23.9 Å². The summed E-state index contributed by atoms with van der Waals surface area (Å²) in [6.07, 6.45) is 0. The number of allylic oxidation sites excluding steroid dienone is 1. The fourth-order valence-corrected chi connectivity index (χ4v) is 4.29. The molecule has 2 rings (SSSR count). The van der Waals surface area contributed by atoms with Crippen LogP contribution in [0, 0.1) is 17.2 Å². The number of methoxy groups -OCH3 is 2. The van der Waals surface area contributed by atoms with E-state index >= 15 is 0 Å². The number of ether oxygens (including phenoxy) is 3. The lowest BCUT2D eigenvalue weighted by molar-refractivity contribution is -0.150. The van der Waals surface area contributed by atoms with Crippen molar-refractivity contribution in [2.45, 2.75) is 12.8 Å². The molecule has 29 heavy (non-hydrogen) atoms. The molecule has 0 aliphatic carbocycles. The molecule has 1 aromatic carbocycles. The molecule has 0 radical (unpaired) electrons. The molecule has 0 fully saturated rings. The zero-order valence-corrected chi connectivity index (χ0v) is 18.4. The van der Waals surface area contributed by atoms with Gasteiger partial charge in [0.25, 0.3) is 0 Å². The second-order valence-electron chi connectivity index (χ2n) is 5.81. The average molecular weight is 483 g/mol. The number of hydrogen-bond acceptors (Lipinski definition) is 8. The van der Waals surface area contributed by atoms with Gasteiger partial charge in [-0.1, -0.05) is 17.8 Å². The molecule has 1 aliphatic rings. The predicted molar refractivity (Wildman–Crippen MR) is 109 cm³/mol. The highest BCUT2D eigenvalue weighted by atomic mass is 79.9. The number of thioether (sulfide) groups is 1. The molecule has 1 aromatic rings. The van der Waals surface area contributed by atoms with Gasteiger partial charge in [-0.05, 0) is 40.5 Å². The van der Waals surface area contributed by atoms with Gasteiger partial charge in [-0.3, -0.25) is 14.4 Å². The normalized spacial score (nSPS) is 18.5. The highest BCUT2D eigenvalue weighted by molar-refractivity contribution is 9.10. The highest BCUT2D eigenvalue weighted by Gasteiger charge is 2.44. The van der Waals surface area contributed by atoms with E-state index in [1.165, 1.54) is 14.2 Å². The van der Waals surface area contributed by atoms with Crippen LogP contribution in [0.4, 0.5) is 0 Å². The molecule has 0 spiro atoms. The molecule has 2 atom stereocenters. The van der Waals surface area contributed by atoms with Crippen molar-refractivity contribution in [2.75, 3.05) is 26.6 Å². The van der Waals surface area contributed by atoms with E-state index in [0.29, 0.717) is 15.8 Å². The first-order valence-corrected chi connectivity index (χ1v) is 10.3. The van der Waals surface area contributed by atoms with E-state index in [1.807, 2.05) is 0 Å². The molecule has 0 unspecified atom stereocenters. The number of carbonyl (C=O) groups is 3. The van der Waals surface area contributed by atoms with Gasteiger partial charge in [0.2, 0.25) is 5.91 Å². The quantitative estimate of drug-likeness (QED) is 0.465. The zero-order valence-electron chi connectivity index (χ0n) is 16.0. The summed E-state index contributed by atoms with van der Waals surface area (Å²) >= 11 is 4.36. The number of esters is 2. The lowest BCUT2D eigenvalue weighted by Gasteiger charge is -2.31. The Morgan fingerprint density at radius 3 is 2.62 bits per heavy atom. The maximum atomic E-state index is 12.7. The van der Waals surface area contributed by atoms with Crippen molar-refractivity contribution in [1.82, 2.24) is 5.32 Å². The third kappa shape index (κ3) is 5.10. The first-order valence-electron chi connectivity index (χ1n) is 8.52. The molecular weight excluding hydrogens is 464 g/mol. The Morgan fingerprint density at radius 1 is 1.34 bits per heavy atom. The number of nitrogens with one attached hydrogen (secondary N) is 1. The number of rotatable bonds is 7. The fourth-order valence-electron chi connectivity index (χ4n) is 2.89. The molecule has 154 valence electrons. The Morgan fingerprint density at radius 2 is 2.07 bits per heavy atom. The van der Waals surface area contributed by atoms with Gasteiger partial charge in [0.05, 0.1) is 47.7 Å². The number of nitrogens with zero attached hydrogens (tertiary/aromatic N) is 1. The van der Waals surface area contributed by atoms with Gasteiger partial charge in [-0.25, -0.2) is 0 Å². The van der Waals surface area contributed by atoms with Crippen molar-refractivity contribution in [3.63, 3.8) is 0 Å². The Kier molecular flexibility index (Phi) is 8.10. The average Bonchev–Trinajstić information content (AvgIpc) is 2.71. The molecule has 10 heteroatoms. The van der Waals surface area contributed by atoms with E-state index in [1.54, 1.807) is 25.1 Å². The van der Waals surface area contributed by atoms with Gasteiger partial charge < -0.3 is 19.5 Å². The van der Waals surface area contributed by atoms with Gasteiger partial charge in [-0.2, -0.15) is 5.26 Å². The van der Waals surface area contributed by atoms with Crippen LogP contribution in [0.3, 0.4) is 0 Å². The summed E-state index contributed by atoms with van der Waals surface area (Å²) in [4.78, 5) is 36.8. The Bertz CT molecular complexity index is 895. The topological polar surface area (TPSA) is 115 Å². The number of amides is 1. The molecule has 1 heterocycles. The maximum Gasteiger partial charge on any atom is 0.319 e. The molecule has 1 N–H and O–H groups in total. The van der Waals surface area contributed by atoms with Gasteiger partial charge in [0.1, 0.15) is 11.7 Å². The van der Waals surface area contributed by atoms with Crippen molar-refractivity contribution in [3.8, 4) is 11.8 Å². The minimum atomic E-state index is -1.25. The van der Waals surface area contributed by atoms with Crippen molar-refractivity contribution in [3.05, 3.63) is 38.8 Å². The second-order valence-corrected chi connectivity index (χ2v) is 7.65. The zero-order chi connectivity index (χ0) is 21.6. The molecule has 1 amide bonds. The summed E-state index contributed by atoms with van der Waals surface area (Å²) in [6, 6.07) is 7.10. The minimum Gasteiger partial charge on any atom is -0.496 e. The summed E-state index contributed by atoms with van der Waals surface area (Å²) in [6.45, 7) is 1.91. The van der Waals surface area contributed by atoms with E-state index < -0.39 is 29.7 Å². The van der Waals surface area contributed by atoms with Crippen molar-refractivity contribution < 1.29 is 28.6 Å². The van der Waals surface area contributed by atoms with Crippen LogP contribution in [0.25, 0.3) is 0 Å². The lowest BCUT2D eigenvalue weighted by Crippen LogP contribution is -2.44. The molecule has 0 saturated carbocycles. The van der Waals surface area contributed by atoms with Gasteiger partial charge in [-0.15, -0.1) is 0 Å². The summed E-state index contributed by atoms with van der Waals surface area (Å²) in [7, 11) is 2.69. The largest absolute Gasteiger partial charge is 0.496 e. The van der Waals surface area contributed by atoms with Gasteiger partial charge in [0.15, 0.2) is 0 Å². The molecule has 0 saturated heterocycles. The number of halogens is 1. The van der Waals surface area contributed by atoms with Crippen molar-refractivity contribution in [2.24, 2.45) is 5.92 Å². The summed E-state index contributed by atoms with van der Waals surface area (Å²) in [5, 5.41) is 12.6. The number of benzene rings is 1. The molecule has 0 aromatic heterocycles. The second kappa shape index (κ2) is 10.3. The minimum absolute atomic E-state index is 0.0868. The Hall–Kier alpha value is -2.51. The Balaban J connectivity index is 2.54. The van der Waals surface area contributed by atoms with Crippen molar-refractivity contribution >= 4 is 45.5 Å². The van der Waals surface area contributed by atoms with E-state index in [2.05, 4.69) is 27.3 Å². The van der Waals surface area contributed by atoms with Gasteiger partial charge >= 0.3 is 11.9 Å². The lowest BCUT2D eigenvalue weighted by atomic mass is 9.78. The summed E-state index contributed by atoms with van der Waals surface area (Å²) < 4.78 is 15.5. The molecule has 1 aliphatic heterocycles. The SMILES string of the molecule is CCOC(=O)CSC1=C(C#N)[C@@H](c2ccc(OC)c(Br)c2)[C@H](C(=O)OC)C(=O)N1. The van der Waals surface area contributed by atoms with Crippen LogP contribution in [-0.4, -0.2) is 44.4 Å². The monoisotopic (exact) mass is 482 g/mol. The van der Waals surface area contributed by atoms with E-state index in [4.69, 9.17) is 14.2 Å². The van der Waals surface area contributed by atoms with E-state index in [0.717, 1.165) is 11.8 Å². The van der Waals surface area contributed by atoms with Crippen LogP contribution in [0.2, 0.25) is 0 Å². The first kappa shape index (κ1) is 22.8. The van der Waals surface area contributed by atoms with E-state index in [9.17, 15) is 19.6 Å². The third-order valence-electron chi connectivity index (χ3n) is 4.16. The molecule has 8 nitrogen and oxygen atoms in total. The van der Waals surface area contributed by atoms with Crippen LogP contribution in [0.15, 0.2) is 33.3 Å². The van der Waals surface area contributed by atoms with Crippen molar-refractivity contribution in [1.29, 1.82) is 5.26 Å². The first-order chi connectivity index (χ1) is 13.9. The van der Waals surface area contributed by atoms with Crippen LogP contribution >= 0.6 is 27.7 Å². The summed E-state index contributed by atoms with van der Waals surface area (Å²) in [5.41, 5.74) is 0.708. The third-order valence-corrected chi connectivity index (χ3v) is 5.77. The highest BCUT2D eigenvalue weighted by Crippen LogP contribution is 2.42. The maximum absolute atomic E-state index is 12.7. The number of carbonyl (C=O) groups excluding carboxylic acids is 3. The predicted octanol–water partition coefficient (Wildman–Crippen LogP) is 2.49. The Labute approximate surface area is 180 Å². The van der Waals surface area contributed by atoms with Gasteiger partial charge in [0, 0.05) is 5.92 Å². The number of nitriles is 1. The smallest absolute Gasteiger partial charge is 0.319 e. The van der Waals surface area contributed by atoms with E-state index in [-0.39, 0.29) is 23.0 Å². The standard InChI is InChI=1S/C19H19BrN2O6S/c1-4-28-14(23)9-29-18-11(8-21)15(16(17(24)22-18)19(25)27-3)10-5-6-13(26-2)12(20)7-10/h5-7,15-16H,4,9H2,1-3H3,(H,22,24)/t15-,16+/m1/s1. The van der Waals surface area contributed by atoms with Crippen LogP contribution < -0.4 is 10.1 Å². The summed E-state index contributed by atoms with van der Waals surface area (Å²) in [5.74, 6) is -3.51.